The molecule has 1 aliphatic heterocycles. The molecule has 188 valence electrons. The van der Waals surface area contributed by atoms with Gasteiger partial charge in [-0.15, -0.1) is 0 Å². The van der Waals surface area contributed by atoms with Crippen LogP contribution in [0.2, 0.25) is 0 Å². The number of nitrogens with zero attached hydrogens (tertiary/aromatic N) is 2. The van der Waals surface area contributed by atoms with Gasteiger partial charge in [-0.2, -0.15) is 0 Å². The monoisotopic (exact) mass is 507 g/mol. The number of carboxylic acids is 2. The molecule has 3 aromatic rings. The number of aliphatic carboxylic acids is 2. The highest BCUT2D eigenvalue weighted by Crippen LogP contribution is 2.25. The third kappa shape index (κ3) is 7.15. The number of aromatic nitrogens is 2. The van der Waals surface area contributed by atoms with Crippen molar-refractivity contribution in [3.8, 4) is 0 Å². The number of para-hydroxylation sites is 2. The van der Waals surface area contributed by atoms with Gasteiger partial charge in [-0.1, -0.05) is 12.1 Å². The highest BCUT2D eigenvalue weighted by molar-refractivity contribution is 7.91. The van der Waals surface area contributed by atoms with Crippen molar-refractivity contribution in [2.24, 2.45) is 0 Å². The fourth-order valence-electron chi connectivity index (χ4n) is 4.00. The van der Waals surface area contributed by atoms with Gasteiger partial charge < -0.3 is 29.8 Å². The van der Waals surface area contributed by atoms with Crippen molar-refractivity contribution < 1.29 is 33.9 Å². The average molecular weight is 508 g/mol. The predicted octanol–water partition coefficient (Wildman–Crippen LogP) is 1.43. The van der Waals surface area contributed by atoms with Crippen LogP contribution in [0.5, 0.6) is 0 Å². The fourth-order valence-corrected chi connectivity index (χ4v) is 5.09. The molecule has 2 aromatic carbocycles. The van der Waals surface area contributed by atoms with Crippen molar-refractivity contribution in [3.63, 3.8) is 0 Å². The van der Waals surface area contributed by atoms with Crippen molar-refractivity contribution in [1.29, 1.82) is 0 Å². The van der Waals surface area contributed by atoms with E-state index in [0.717, 1.165) is 37.0 Å². The molecule has 2 atom stereocenters. The zero-order valence-corrected chi connectivity index (χ0v) is 19.5. The first kappa shape index (κ1) is 26.4. The van der Waals surface area contributed by atoms with E-state index in [9.17, 15) is 18.8 Å². The van der Waals surface area contributed by atoms with Gasteiger partial charge in [0.2, 0.25) is 0 Å². The topological polar surface area (TPSA) is 159 Å². The summed E-state index contributed by atoms with van der Waals surface area (Å²) in [6, 6.07) is 13.3. The summed E-state index contributed by atoms with van der Waals surface area (Å²) in [5.41, 5.74) is 1.68. The first-order chi connectivity index (χ1) is 16.7. The van der Waals surface area contributed by atoms with E-state index in [1.54, 1.807) is 0 Å². The number of H-pyrrole nitrogens is 1. The molecule has 1 saturated heterocycles. The molecule has 4 rings (SSSR count). The van der Waals surface area contributed by atoms with E-state index in [1.165, 1.54) is 24.3 Å². The normalized spacial score (nSPS) is 16.3. The minimum absolute atomic E-state index is 0.0839. The van der Waals surface area contributed by atoms with Crippen LogP contribution in [0.25, 0.3) is 11.0 Å². The molecule has 0 saturated carbocycles. The molecule has 1 fully saturated rings. The Balaban J connectivity index is 0.000000509. The number of likely N-dealkylation sites (tertiary alicyclic amines) is 1. The van der Waals surface area contributed by atoms with E-state index in [0.29, 0.717) is 11.4 Å². The smallest absolute Gasteiger partial charge is 0.414 e. The molecular weight excluding hydrogens is 481 g/mol. The average Bonchev–Trinajstić information content (AvgIpc) is 3.16. The summed E-state index contributed by atoms with van der Waals surface area (Å²) in [5.74, 6) is -3.90. The van der Waals surface area contributed by atoms with E-state index in [-0.39, 0.29) is 23.3 Å². The quantitative estimate of drug-likeness (QED) is 0.288. The molecule has 2 heterocycles. The van der Waals surface area contributed by atoms with E-state index in [4.69, 9.17) is 19.8 Å². The number of aliphatic hydroxyl groups excluding tert-OH is 1. The molecule has 1 aromatic heterocycles. The summed E-state index contributed by atoms with van der Waals surface area (Å²) >= 11 is -1.37. The summed E-state index contributed by atoms with van der Waals surface area (Å²) in [4.78, 5) is 36.1. The van der Waals surface area contributed by atoms with Crippen LogP contribution in [0.15, 0.2) is 58.2 Å². The Morgan fingerprint density at radius 1 is 1.09 bits per heavy atom. The number of β-amino-alcohol motifs (C(OH)–C–C–N with tert-alkyl or cyclic N) is 1. The molecule has 4 N–H and O–H groups in total. The molecule has 1 aliphatic rings. The molecule has 0 bridgehead atoms. The summed E-state index contributed by atoms with van der Waals surface area (Å²) in [6.07, 6.45) is 0.902. The number of piperidine rings is 1. The van der Waals surface area contributed by atoms with Gasteiger partial charge in [-0.3, -0.25) is 4.57 Å². The molecule has 0 amide bonds. The lowest BCUT2D eigenvalue weighted by Crippen LogP contribution is -2.42. The number of imidazole rings is 1. The van der Waals surface area contributed by atoms with Crippen LogP contribution in [0.1, 0.15) is 18.9 Å². The Hall–Kier alpha value is -3.19. The maximum Gasteiger partial charge on any atom is 0.414 e. The van der Waals surface area contributed by atoms with E-state index < -0.39 is 29.2 Å². The highest BCUT2D eigenvalue weighted by atomic mass is 32.2. The molecule has 2 unspecified atom stereocenters. The van der Waals surface area contributed by atoms with Crippen molar-refractivity contribution in [2.75, 3.05) is 25.4 Å². The first-order valence-corrected chi connectivity index (χ1v) is 12.2. The predicted molar refractivity (Wildman–Crippen MR) is 126 cm³/mol. The van der Waals surface area contributed by atoms with Gasteiger partial charge in [0, 0.05) is 25.7 Å². The number of hydrogen-bond donors (Lipinski definition) is 4. The van der Waals surface area contributed by atoms with Crippen LogP contribution in [-0.2, 0) is 20.8 Å². The van der Waals surface area contributed by atoms with Gasteiger partial charge in [0.15, 0.2) is 4.90 Å². The lowest BCUT2D eigenvalue weighted by Gasteiger charge is -2.33. The summed E-state index contributed by atoms with van der Waals surface area (Å²) < 4.78 is 27.2. The Morgan fingerprint density at radius 2 is 1.69 bits per heavy atom. The van der Waals surface area contributed by atoms with Crippen molar-refractivity contribution >= 4 is 34.1 Å². The number of aliphatic hydroxyl groups is 1. The number of benzene rings is 2. The van der Waals surface area contributed by atoms with Gasteiger partial charge in [-0.25, -0.2) is 18.8 Å². The molecule has 0 aliphatic carbocycles. The minimum atomic E-state index is -1.82. The Kier molecular flexibility index (Phi) is 9.04. The van der Waals surface area contributed by atoms with Crippen molar-refractivity contribution in [1.82, 2.24) is 14.5 Å². The zero-order chi connectivity index (χ0) is 25.5. The van der Waals surface area contributed by atoms with Crippen LogP contribution in [0, 0.1) is 5.82 Å². The minimum Gasteiger partial charge on any atom is -0.611 e. The van der Waals surface area contributed by atoms with Gasteiger partial charge in [0.1, 0.15) is 17.7 Å². The van der Waals surface area contributed by atoms with Crippen LogP contribution < -0.4 is 5.69 Å². The largest absolute Gasteiger partial charge is 0.611 e. The summed E-state index contributed by atoms with van der Waals surface area (Å²) in [6.45, 7) is 1.95. The van der Waals surface area contributed by atoms with E-state index in [1.807, 2.05) is 28.8 Å². The Labute approximate surface area is 202 Å². The molecule has 0 spiro atoms. The van der Waals surface area contributed by atoms with Gasteiger partial charge in [0.25, 0.3) is 0 Å². The number of aromatic amines is 1. The van der Waals surface area contributed by atoms with Crippen LogP contribution in [0.4, 0.5) is 4.39 Å². The van der Waals surface area contributed by atoms with Crippen LogP contribution >= 0.6 is 0 Å². The first-order valence-electron chi connectivity index (χ1n) is 10.9. The lowest BCUT2D eigenvalue weighted by atomic mass is 10.0. The summed E-state index contributed by atoms with van der Waals surface area (Å²) in [5, 5.41) is 25.1. The SMILES string of the molecule is O=C(O)C(=O)O.O=c1[nH]c2ccccc2n1C1CCN(CC(O)C[S+]([O-])c2ccc(F)cc2)CC1. The number of hydrogen-bond acceptors (Lipinski definition) is 6. The number of nitrogens with one attached hydrogen (secondary N) is 1. The number of carbonyl (C=O) groups is 2. The second-order valence-corrected chi connectivity index (χ2v) is 9.58. The Bertz CT molecular complexity index is 1190. The molecule has 35 heavy (non-hydrogen) atoms. The van der Waals surface area contributed by atoms with Gasteiger partial charge >= 0.3 is 17.6 Å². The number of carboxylic acid groups (broad SMARTS) is 2. The summed E-state index contributed by atoms with van der Waals surface area (Å²) in [7, 11) is 0. The lowest BCUT2D eigenvalue weighted by molar-refractivity contribution is -0.159. The molecule has 0 radical (unpaired) electrons. The molecular formula is C23H26FN3O7S. The van der Waals surface area contributed by atoms with Crippen molar-refractivity contribution in [2.45, 2.75) is 29.9 Å². The maximum atomic E-state index is 13.0. The van der Waals surface area contributed by atoms with Crippen LogP contribution in [0.3, 0.4) is 0 Å². The third-order valence-corrected chi connectivity index (χ3v) is 7.10. The zero-order valence-electron chi connectivity index (χ0n) is 18.7. The third-order valence-electron chi connectivity index (χ3n) is 5.62. The Morgan fingerprint density at radius 3 is 2.29 bits per heavy atom. The second kappa shape index (κ2) is 12.0. The van der Waals surface area contributed by atoms with Crippen LogP contribution in [-0.4, -0.2) is 77.8 Å². The number of fused-ring (bicyclic) bond motifs is 1. The standard InChI is InChI=1S/C21H24FN3O3S.C2H2O4/c22-15-5-7-18(8-6-15)29(28)14-17(26)13-24-11-9-16(10-12-24)25-20-4-2-1-3-19(20)23-21(25)27;3-1(4)2(5)6/h1-8,16-17,26H,9-14H2,(H,23,27);(H,3,4)(H,5,6). The van der Waals surface area contributed by atoms with E-state index >= 15 is 0 Å². The highest BCUT2D eigenvalue weighted by Gasteiger charge is 2.26. The van der Waals surface area contributed by atoms with Gasteiger partial charge in [0.05, 0.1) is 11.0 Å². The molecule has 12 heteroatoms. The number of halogens is 1. The molecule has 10 nitrogen and oxygen atoms in total. The van der Waals surface area contributed by atoms with E-state index in [2.05, 4.69) is 9.88 Å². The second-order valence-electron chi connectivity index (χ2n) is 8.08. The van der Waals surface area contributed by atoms with Gasteiger partial charge in [-0.05, 0) is 60.4 Å². The number of rotatable bonds is 6. The maximum absolute atomic E-state index is 13.0. The van der Waals surface area contributed by atoms with Crippen molar-refractivity contribution in [3.05, 3.63) is 64.8 Å². The fraction of sp³-hybridized carbons (Fsp3) is 0.348.